The van der Waals surface area contributed by atoms with Crippen LogP contribution < -0.4 is 20.6 Å². The Morgan fingerprint density at radius 2 is 2.05 bits per heavy atom. The minimum Gasteiger partial charge on any atom is -0.504 e. The summed E-state index contributed by atoms with van der Waals surface area (Å²) >= 11 is 1.33. The fourth-order valence-electron chi connectivity index (χ4n) is 1.53. The molecule has 1 heterocycles. The van der Waals surface area contributed by atoms with Gasteiger partial charge in [0.15, 0.2) is 11.5 Å². The summed E-state index contributed by atoms with van der Waals surface area (Å²) in [6, 6.07) is 3.29. The number of hydrazone groups is 1. The van der Waals surface area contributed by atoms with Crippen molar-refractivity contribution >= 4 is 28.5 Å². The molecule has 0 spiro atoms. The van der Waals surface area contributed by atoms with Crippen molar-refractivity contribution in [1.29, 1.82) is 0 Å². The van der Waals surface area contributed by atoms with Crippen molar-refractivity contribution in [1.82, 2.24) is 4.98 Å². The quantitative estimate of drug-likeness (QED) is 0.575. The van der Waals surface area contributed by atoms with Crippen LogP contribution in [0.25, 0.3) is 0 Å². The Kier molecular flexibility index (Phi) is 4.26. The van der Waals surface area contributed by atoms with Crippen molar-refractivity contribution in [3.05, 3.63) is 23.1 Å². The van der Waals surface area contributed by atoms with E-state index in [4.69, 9.17) is 15.2 Å². The van der Waals surface area contributed by atoms with Gasteiger partial charge in [-0.25, -0.2) is 4.98 Å². The van der Waals surface area contributed by atoms with Crippen LogP contribution in [0.1, 0.15) is 5.56 Å². The Bertz CT molecular complexity index is 627. The van der Waals surface area contributed by atoms with E-state index in [2.05, 4.69) is 15.5 Å². The van der Waals surface area contributed by atoms with Gasteiger partial charge in [-0.1, -0.05) is 0 Å². The average molecular weight is 294 g/mol. The molecule has 8 heteroatoms. The molecule has 0 saturated heterocycles. The standard InChI is InChI=1S/C12H14N4O3S/c1-18-8-3-4-9(19-2)11(17)7(8)5-14-16-12-15-10(13)6-20-12/h3-6,17H,13H2,1-2H3,(H,15,16). The number of methoxy groups -OCH3 is 2. The maximum absolute atomic E-state index is 10.0. The van der Waals surface area contributed by atoms with Gasteiger partial charge >= 0.3 is 0 Å². The van der Waals surface area contributed by atoms with Crippen molar-refractivity contribution in [3.8, 4) is 17.2 Å². The molecule has 4 N–H and O–H groups in total. The second-order valence-electron chi connectivity index (χ2n) is 3.68. The normalized spacial score (nSPS) is 10.7. The molecule has 0 aliphatic heterocycles. The van der Waals surface area contributed by atoms with Crippen molar-refractivity contribution in [2.75, 3.05) is 25.4 Å². The summed E-state index contributed by atoms with van der Waals surface area (Å²) in [7, 11) is 2.98. The lowest BCUT2D eigenvalue weighted by atomic mass is 10.2. The number of nitrogens with zero attached hydrogens (tertiary/aromatic N) is 2. The zero-order valence-corrected chi connectivity index (χ0v) is 11.8. The predicted molar refractivity (Wildman–Crippen MR) is 79.0 cm³/mol. The molecule has 0 bridgehead atoms. The highest BCUT2D eigenvalue weighted by Crippen LogP contribution is 2.35. The van der Waals surface area contributed by atoms with E-state index in [1.165, 1.54) is 31.8 Å². The van der Waals surface area contributed by atoms with Gasteiger partial charge in [-0.15, -0.1) is 11.3 Å². The summed E-state index contributed by atoms with van der Waals surface area (Å²) in [5.74, 6) is 1.20. The van der Waals surface area contributed by atoms with E-state index in [0.29, 0.717) is 28.0 Å². The van der Waals surface area contributed by atoms with Crippen molar-refractivity contribution < 1.29 is 14.6 Å². The van der Waals surface area contributed by atoms with Gasteiger partial charge in [0, 0.05) is 5.38 Å². The summed E-state index contributed by atoms with van der Waals surface area (Å²) < 4.78 is 10.2. The lowest BCUT2D eigenvalue weighted by Gasteiger charge is -2.09. The van der Waals surface area contributed by atoms with Crippen LogP contribution in [0.15, 0.2) is 22.6 Å². The van der Waals surface area contributed by atoms with Crippen LogP contribution in [0, 0.1) is 0 Å². The van der Waals surface area contributed by atoms with Crippen LogP contribution in [-0.4, -0.2) is 30.5 Å². The highest BCUT2D eigenvalue weighted by atomic mass is 32.1. The number of aromatic hydroxyl groups is 1. The van der Waals surface area contributed by atoms with Gasteiger partial charge in [0.05, 0.1) is 26.0 Å². The number of benzene rings is 1. The smallest absolute Gasteiger partial charge is 0.205 e. The van der Waals surface area contributed by atoms with Crippen molar-refractivity contribution in [3.63, 3.8) is 0 Å². The number of anilines is 2. The van der Waals surface area contributed by atoms with Gasteiger partial charge in [0.1, 0.15) is 11.6 Å². The Hall–Kier alpha value is -2.48. The molecular weight excluding hydrogens is 280 g/mol. The first kappa shape index (κ1) is 13.9. The number of nitrogens with one attached hydrogen (secondary N) is 1. The van der Waals surface area contributed by atoms with E-state index in [1.54, 1.807) is 17.5 Å². The number of ether oxygens (including phenoxy) is 2. The van der Waals surface area contributed by atoms with E-state index in [-0.39, 0.29) is 5.75 Å². The lowest BCUT2D eigenvalue weighted by molar-refractivity contribution is 0.365. The SMILES string of the molecule is COc1ccc(OC)c(C=NNc2nc(N)cs2)c1O. The van der Waals surface area contributed by atoms with E-state index < -0.39 is 0 Å². The third kappa shape index (κ3) is 2.91. The van der Waals surface area contributed by atoms with E-state index >= 15 is 0 Å². The number of hydrogen-bond donors (Lipinski definition) is 3. The van der Waals surface area contributed by atoms with Gasteiger partial charge in [-0.05, 0) is 12.1 Å². The number of thiazole rings is 1. The molecule has 2 aromatic rings. The molecule has 1 aromatic heterocycles. The molecule has 0 radical (unpaired) electrons. The van der Waals surface area contributed by atoms with E-state index in [9.17, 15) is 5.11 Å². The minimum absolute atomic E-state index is 0.0453. The summed E-state index contributed by atoms with van der Waals surface area (Å²) in [6.07, 6.45) is 1.42. The van der Waals surface area contributed by atoms with Crippen molar-refractivity contribution in [2.45, 2.75) is 0 Å². The first-order chi connectivity index (χ1) is 9.65. The highest BCUT2D eigenvalue weighted by Gasteiger charge is 2.12. The van der Waals surface area contributed by atoms with Crippen LogP contribution in [-0.2, 0) is 0 Å². The molecule has 0 amide bonds. The molecule has 0 aliphatic carbocycles. The van der Waals surface area contributed by atoms with E-state index in [0.717, 1.165) is 0 Å². The zero-order chi connectivity index (χ0) is 14.5. The van der Waals surface area contributed by atoms with Crippen LogP contribution in [0.2, 0.25) is 0 Å². The monoisotopic (exact) mass is 294 g/mol. The Morgan fingerprint density at radius 1 is 1.35 bits per heavy atom. The number of nitrogen functional groups attached to an aromatic ring is 1. The predicted octanol–water partition coefficient (Wildman–Crippen LogP) is 1.89. The first-order valence-electron chi connectivity index (χ1n) is 5.59. The van der Waals surface area contributed by atoms with Crippen LogP contribution in [0.3, 0.4) is 0 Å². The van der Waals surface area contributed by atoms with Gasteiger partial charge in [-0.2, -0.15) is 5.10 Å². The topological polar surface area (TPSA) is 102 Å². The fraction of sp³-hybridized carbons (Fsp3) is 0.167. The maximum atomic E-state index is 10.0. The first-order valence-corrected chi connectivity index (χ1v) is 6.47. The van der Waals surface area contributed by atoms with Crippen LogP contribution in [0.5, 0.6) is 17.2 Å². The largest absolute Gasteiger partial charge is 0.504 e. The molecule has 2 rings (SSSR count). The number of nitrogens with two attached hydrogens (primary N) is 1. The number of phenolic OH excluding ortho intramolecular Hbond substituents is 1. The van der Waals surface area contributed by atoms with Crippen LogP contribution >= 0.6 is 11.3 Å². The Morgan fingerprint density at radius 3 is 2.65 bits per heavy atom. The number of hydrogen-bond acceptors (Lipinski definition) is 8. The summed E-state index contributed by atoms with van der Waals surface area (Å²) in [6.45, 7) is 0. The van der Waals surface area contributed by atoms with E-state index in [1.807, 2.05) is 0 Å². The highest BCUT2D eigenvalue weighted by molar-refractivity contribution is 7.14. The van der Waals surface area contributed by atoms with Crippen molar-refractivity contribution in [2.24, 2.45) is 5.10 Å². The third-order valence-corrected chi connectivity index (χ3v) is 3.22. The van der Waals surface area contributed by atoms with Crippen LogP contribution in [0.4, 0.5) is 10.9 Å². The molecule has 0 aliphatic rings. The van der Waals surface area contributed by atoms with Gasteiger partial charge in [0.2, 0.25) is 5.13 Å². The fourth-order valence-corrected chi connectivity index (χ4v) is 2.08. The molecule has 0 unspecified atom stereocenters. The summed E-state index contributed by atoms with van der Waals surface area (Å²) in [5.41, 5.74) is 8.63. The second-order valence-corrected chi connectivity index (χ2v) is 4.54. The molecule has 20 heavy (non-hydrogen) atoms. The number of phenols is 1. The molecule has 1 aromatic carbocycles. The Balaban J connectivity index is 2.23. The average Bonchev–Trinajstić information content (AvgIpc) is 2.86. The molecule has 0 fully saturated rings. The molecule has 7 nitrogen and oxygen atoms in total. The van der Waals surface area contributed by atoms with Gasteiger partial charge in [-0.3, -0.25) is 5.43 Å². The number of aromatic nitrogens is 1. The molecule has 106 valence electrons. The Labute approximate surface area is 119 Å². The second kappa shape index (κ2) is 6.11. The van der Waals surface area contributed by atoms with Gasteiger partial charge in [0.25, 0.3) is 0 Å². The van der Waals surface area contributed by atoms with Gasteiger partial charge < -0.3 is 20.3 Å². The lowest BCUT2D eigenvalue weighted by Crippen LogP contribution is -1.96. The summed E-state index contributed by atoms with van der Waals surface area (Å²) in [5, 5.41) is 16.3. The summed E-state index contributed by atoms with van der Waals surface area (Å²) in [4.78, 5) is 3.99. The molecule has 0 saturated carbocycles. The third-order valence-electron chi connectivity index (χ3n) is 2.46. The maximum Gasteiger partial charge on any atom is 0.205 e. The minimum atomic E-state index is -0.0453. The zero-order valence-electron chi connectivity index (χ0n) is 11.0. The number of rotatable bonds is 5. The molecule has 0 atom stereocenters. The molecular formula is C12H14N4O3S.